The first-order valence-corrected chi connectivity index (χ1v) is 10.9. The third kappa shape index (κ3) is 4.67. The second-order valence-corrected chi connectivity index (χ2v) is 8.57. The number of rotatable bonds is 5. The number of amides is 1. The molecule has 4 rings (SSSR count). The van der Waals surface area contributed by atoms with Crippen LogP contribution in [0, 0.1) is 23.1 Å². The van der Waals surface area contributed by atoms with Crippen molar-refractivity contribution in [1.82, 2.24) is 14.7 Å². The Hall–Kier alpha value is -2.64. The predicted octanol–water partition coefficient (Wildman–Crippen LogP) is 3.88. The predicted molar refractivity (Wildman–Crippen MR) is 112 cm³/mol. The van der Waals surface area contributed by atoms with Crippen molar-refractivity contribution in [3.63, 3.8) is 0 Å². The molecule has 10 heteroatoms. The van der Waals surface area contributed by atoms with Gasteiger partial charge in [0.25, 0.3) is 0 Å². The summed E-state index contributed by atoms with van der Waals surface area (Å²) < 4.78 is 28.2. The van der Waals surface area contributed by atoms with Gasteiger partial charge in [0.1, 0.15) is 28.2 Å². The molecule has 1 N–H and O–H groups in total. The van der Waals surface area contributed by atoms with Crippen LogP contribution in [0.25, 0.3) is 11.3 Å². The highest BCUT2D eigenvalue weighted by atomic mass is 79.9. The van der Waals surface area contributed by atoms with Crippen LogP contribution in [-0.2, 0) is 11.3 Å². The van der Waals surface area contributed by atoms with Crippen molar-refractivity contribution in [2.45, 2.75) is 31.9 Å². The molecule has 0 saturated carbocycles. The number of piperidine rings is 1. The van der Waals surface area contributed by atoms with Gasteiger partial charge in [-0.25, -0.2) is 13.9 Å². The van der Waals surface area contributed by atoms with Gasteiger partial charge in [-0.05, 0) is 46.8 Å². The Kier molecular flexibility index (Phi) is 6.43. The van der Waals surface area contributed by atoms with E-state index < -0.39 is 11.9 Å². The second kappa shape index (κ2) is 9.24. The van der Waals surface area contributed by atoms with Gasteiger partial charge >= 0.3 is 6.09 Å². The molecule has 2 fully saturated rings. The summed E-state index contributed by atoms with van der Waals surface area (Å²) >= 11 is 3.58. The van der Waals surface area contributed by atoms with E-state index in [9.17, 15) is 9.18 Å². The monoisotopic (exact) mass is 492 g/mol. The fourth-order valence-electron chi connectivity index (χ4n) is 3.91. The first kappa shape index (κ1) is 21.6. The highest BCUT2D eigenvalue weighted by Crippen LogP contribution is 2.38. The number of nitriles is 1. The topological polar surface area (TPSA) is 101 Å². The largest absolute Gasteiger partial charge is 0.471 e. The lowest BCUT2D eigenvalue weighted by molar-refractivity contribution is 0.115. The zero-order chi connectivity index (χ0) is 22.0. The summed E-state index contributed by atoms with van der Waals surface area (Å²) in [5.41, 5.74) is 1.04. The van der Waals surface area contributed by atoms with Gasteiger partial charge in [-0.2, -0.15) is 10.4 Å². The Labute approximate surface area is 187 Å². The molecule has 1 amide bonds. The van der Waals surface area contributed by atoms with E-state index in [1.165, 1.54) is 17.0 Å². The van der Waals surface area contributed by atoms with Gasteiger partial charge in [0.2, 0.25) is 5.88 Å². The number of hydrogen-bond donors (Lipinski definition) is 1. The van der Waals surface area contributed by atoms with E-state index in [-0.39, 0.29) is 17.6 Å². The molecule has 0 radical (unpaired) electrons. The zero-order valence-electron chi connectivity index (χ0n) is 16.8. The average molecular weight is 493 g/mol. The molecule has 3 heterocycles. The summed E-state index contributed by atoms with van der Waals surface area (Å²) in [4.78, 5) is 12.6. The van der Waals surface area contributed by atoms with E-state index in [1.54, 1.807) is 10.7 Å². The van der Waals surface area contributed by atoms with E-state index in [2.05, 4.69) is 15.9 Å². The van der Waals surface area contributed by atoms with Crippen LogP contribution in [0.15, 0.2) is 22.7 Å². The number of carbonyl (C=O) groups is 1. The molecular weight excluding hydrogens is 471 g/mol. The zero-order valence-corrected chi connectivity index (χ0v) is 18.3. The van der Waals surface area contributed by atoms with Crippen LogP contribution in [0.3, 0.4) is 0 Å². The highest BCUT2D eigenvalue weighted by molar-refractivity contribution is 9.10. The number of likely N-dealkylation sites (tertiary alicyclic amines) is 1. The Morgan fingerprint density at radius 2 is 2.16 bits per heavy atom. The molecule has 31 heavy (non-hydrogen) atoms. The third-order valence-corrected chi connectivity index (χ3v) is 6.41. The van der Waals surface area contributed by atoms with Gasteiger partial charge in [0.15, 0.2) is 0 Å². The minimum atomic E-state index is -0.893. The number of carboxylic acid groups (broad SMARTS) is 1. The third-order valence-electron chi connectivity index (χ3n) is 5.70. The van der Waals surface area contributed by atoms with Gasteiger partial charge < -0.3 is 19.5 Å². The van der Waals surface area contributed by atoms with Gasteiger partial charge in [0.05, 0.1) is 18.8 Å². The molecule has 164 valence electrons. The van der Waals surface area contributed by atoms with Crippen molar-refractivity contribution < 1.29 is 23.8 Å². The van der Waals surface area contributed by atoms with Crippen molar-refractivity contribution >= 4 is 22.0 Å². The lowest BCUT2D eigenvalue weighted by atomic mass is 9.97. The van der Waals surface area contributed by atoms with Crippen LogP contribution in [0.5, 0.6) is 5.88 Å². The summed E-state index contributed by atoms with van der Waals surface area (Å²) in [6.45, 7) is 2.67. The van der Waals surface area contributed by atoms with Crippen LogP contribution in [0.1, 0.15) is 24.8 Å². The highest BCUT2D eigenvalue weighted by Gasteiger charge is 2.28. The molecule has 2 aromatic rings. The molecule has 2 aliphatic rings. The van der Waals surface area contributed by atoms with Crippen LogP contribution in [-0.4, -0.2) is 58.3 Å². The Morgan fingerprint density at radius 1 is 1.39 bits per heavy atom. The number of halogens is 2. The number of aromatic nitrogens is 2. The SMILES string of the molecule is N#Cc1ccc(-c2nn(CC3CCN(C(=O)O)CC3)c(OC3CCOC3)c2Br)cc1F. The number of nitrogens with zero attached hydrogens (tertiary/aromatic N) is 4. The van der Waals surface area contributed by atoms with Gasteiger partial charge in [-0.3, -0.25) is 0 Å². The molecule has 1 aromatic carbocycles. The molecule has 0 spiro atoms. The van der Waals surface area contributed by atoms with E-state index in [4.69, 9.17) is 24.9 Å². The Balaban J connectivity index is 1.61. The maximum atomic E-state index is 14.2. The first-order valence-electron chi connectivity index (χ1n) is 10.1. The maximum Gasteiger partial charge on any atom is 0.407 e. The second-order valence-electron chi connectivity index (χ2n) is 7.77. The van der Waals surface area contributed by atoms with Crippen molar-refractivity contribution in [3.8, 4) is 23.2 Å². The summed E-state index contributed by atoms with van der Waals surface area (Å²) in [6.07, 6.45) is 1.25. The van der Waals surface area contributed by atoms with Gasteiger partial charge in [-0.15, -0.1) is 0 Å². The minimum Gasteiger partial charge on any atom is -0.471 e. The van der Waals surface area contributed by atoms with Crippen LogP contribution >= 0.6 is 15.9 Å². The smallest absolute Gasteiger partial charge is 0.407 e. The molecule has 1 unspecified atom stereocenters. The van der Waals surface area contributed by atoms with E-state index in [0.717, 1.165) is 19.3 Å². The standard InChI is InChI=1S/C21H22BrFN4O4/c22-18-19(14-1-2-15(10-24)17(23)9-14)25-27(20(18)31-16-5-8-30-12-16)11-13-3-6-26(7-4-13)21(28)29/h1-2,9,13,16H,3-8,11-12H2,(H,28,29). The minimum absolute atomic E-state index is 0.0240. The van der Waals surface area contributed by atoms with E-state index in [0.29, 0.717) is 54.5 Å². The first-order chi connectivity index (χ1) is 15.0. The fourth-order valence-corrected chi connectivity index (χ4v) is 4.52. The maximum absolute atomic E-state index is 14.2. The Bertz CT molecular complexity index is 1010. The quantitative estimate of drug-likeness (QED) is 0.679. The van der Waals surface area contributed by atoms with Crippen molar-refractivity contribution in [2.75, 3.05) is 26.3 Å². The number of hydrogen-bond acceptors (Lipinski definition) is 5. The van der Waals surface area contributed by atoms with Crippen LogP contribution in [0.2, 0.25) is 0 Å². The normalized spacial score (nSPS) is 19.4. The van der Waals surface area contributed by atoms with E-state index >= 15 is 0 Å². The summed E-state index contributed by atoms with van der Waals surface area (Å²) in [7, 11) is 0. The molecule has 1 atom stereocenters. The molecule has 1 aromatic heterocycles. The van der Waals surface area contributed by atoms with Crippen LogP contribution < -0.4 is 4.74 Å². The molecule has 2 aliphatic heterocycles. The lowest BCUT2D eigenvalue weighted by Gasteiger charge is -2.30. The number of ether oxygens (including phenoxy) is 2. The average Bonchev–Trinajstić information content (AvgIpc) is 3.38. The molecular formula is C21H22BrFN4O4. The van der Waals surface area contributed by atoms with Crippen LogP contribution in [0.4, 0.5) is 9.18 Å². The summed E-state index contributed by atoms with van der Waals surface area (Å²) in [5, 5.41) is 22.8. The fraction of sp³-hybridized carbons (Fsp3) is 0.476. The lowest BCUT2D eigenvalue weighted by Crippen LogP contribution is -2.38. The molecule has 8 nitrogen and oxygen atoms in total. The Morgan fingerprint density at radius 3 is 2.77 bits per heavy atom. The molecule has 2 saturated heterocycles. The van der Waals surface area contributed by atoms with Gasteiger partial charge in [-0.1, -0.05) is 6.07 Å². The molecule has 0 aliphatic carbocycles. The van der Waals surface area contributed by atoms with Crippen molar-refractivity contribution in [2.24, 2.45) is 5.92 Å². The van der Waals surface area contributed by atoms with Crippen molar-refractivity contribution in [1.29, 1.82) is 5.26 Å². The summed E-state index contributed by atoms with van der Waals surface area (Å²) in [6, 6.07) is 6.21. The number of benzene rings is 1. The van der Waals surface area contributed by atoms with Gasteiger partial charge in [0, 0.05) is 31.6 Å². The summed E-state index contributed by atoms with van der Waals surface area (Å²) in [5.74, 6) is 0.195. The van der Waals surface area contributed by atoms with E-state index in [1.807, 2.05) is 6.07 Å². The van der Waals surface area contributed by atoms with Crippen molar-refractivity contribution in [3.05, 3.63) is 34.1 Å². The molecule has 0 bridgehead atoms.